The Morgan fingerprint density at radius 1 is 0.260 bits per heavy atom. The van der Waals surface area contributed by atoms with Crippen LogP contribution in [0.1, 0.15) is 0 Å². The van der Waals surface area contributed by atoms with Gasteiger partial charge < -0.3 is 9.55 Å². The zero-order valence-electron chi connectivity index (χ0n) is 39.4. The number of nitrogens with one attached hydrogen (secondary N) is 1. The van der Waals surface area contributed by atoms with Crippen LogP contribution in [0.25, 0.3) is 106 Å². The summed E-state index contributed by atoms with van der Waals surface area (Å²) < 4.78 is 7.59. The predicted molar refractivity (Wildman–Crippen MR) is 302 cm³/mol. The molecule has 0 amide bonds. The van der Waals surface area contributed by atoms with Gasteiger partial charge in [0.15, 0.2) is 23.3 Å². The van der Waals surface area contributed by atoms with Crippen LogP contribution in [0.15, 0.2) is 271 Å². The van der Waals surface area contributed by atoms with Gasteiger partial charge >= 0.3 is 0 Å². The minimum atomic E-state index is 0.814. The molecule has 0 saturated heterocycles. The summed E-state index contributed by atoms with van der Waals surface area (Å²) in [5.41, 5.74) is 12.1. The summed E-state index contributed by atoms with van der Waals surface area (Å²) in [5.74, 6) is 3.30. The SMILES string of the molecule is Brc1ccc(-c2nnc(-c3ccccc3)n2-c2ccccc2)cc1.c1ccc(-c2nnc(-c3ccc(-n4c5ccccc5c5ccccc54)cc3)n2-c2ccccc2)cc1.c1ccc2c(c1)[nH]c1ccccc12. The van der Waals surface area contributed by atoms with Crippen molar-refractivity contribution in [3.63, 3.8) is 0 Å². The second-order valence-electron chi connectivity index (χ2n) is 17.4. The number of rotatable bonds is 7. The number of nitrogens with zero attached hydrogens (tertiary/aromatic N) is 7. The van der Waals surface area contributed by atoms with Crippen LogP contribution in [-0.4, -0.2) is 39.1 Å². The van der Waals surface area contributed by atoms with E-state index in [2.05, 4.69) is 225 Å². The Bertz CT molecular complexity index is 4020. The molecule has 0 unspecified atom stereocenters. The normalized spacial score (nSPS) is 11.1. The Morgan fingerprint density at radius 2 is 0.562 bits per heavy atom. The molecule has 10 aromatic carbocycles. The lowest BCUT2D eigenvalue weighted by Gasteiger charge is -2.12. The molecule has 1 N–H and O–H groups in total. The minimum Gasteiger partial charge on any atom is -0.355 e. The van der Waals surface area contributed by atoms with Gasteiger partial charge in [0, 0.05) is 76.4 Å². The van der Waals surface area contributed by atoms with Crippen molar-refractivity contribution in [1.29, 1.82) is 0 Å². The second kappa shape index (κ2) is 20.1. The van der Waals surface area contributed by atoms with Gasteiger partial charge in [0.1, 0.15) is 0 Å². The van der Waals surface area contributed by atoms with Gasteiger partial charge in [-0.15, -0.1) is 20.4 Å². The van der Waals surface area contributed by atoms with Crippen molar-refractivity contribution >= 4 is 59.5 Å². The summed E-state index contributed by atoms with van der Waals surface area (Å²) in [7, 11) is 0. The van der Waals surface area contributed by atoms with Gasteiger partial charge in [0.2, 0.25) is 0 Å². The van der Waals surface area contributed by atoms with E-state index in [9.17, 15) is 0 Å². The maximum atomic E-state index is 4.64. The smallest absolute Gasteiger partial charge is 0.168 e. The van der Waals surface area contributed by atoms with Crippen LogP contribution in [0.5, 0.6) is 0 Å². The first-order valence-electron chi connectivity index (χ1n) is 24.1. The van der Waals surface area contributed by atoms with Crippen molar-refractivity contribution in [3.8, 4) is 62.6 Å². The highest BCUT2D eigenvalue weighted by Crippen LogP contribution is 2.35. The molecule has 0 spiro atoms. The second-order valence-corrected chi connectivity index (χ2v) is 18.3. The van der Waals surface area contributed by atoms with Crippen LogP contribution < -0.4 is 0 Å². The van der Waals surface area contributed by atoms with E-state index in [-0.39, 0.29) is 0 Å². The molecule has 0 aliphatic carbocycles. The highest BCUT2D eigenvalue weighted by Gasteiger charge is 2.19. The van der Waals surface area contributed by atoms with Gasteiger partial charge in [-0.05, 0) is 84.9 Å². The molecule has 0 aliphatic heterocycles. The Morgan fingerprint density at radius 3 is 0.973 bits per heavy atom. The third-order valence-corrected chi connectivity index (χ3v) is 13.4. The minimum absolute atomic E-state index is 0.814. The number of para-hydroxylation sites is 6. The molecule has 4 aromatic heterocycles. The number of hydrogen-bond acceptors (Lipinski definition) is 4. The zero-order chi connectivity index (χ0) is 48.9. The van der Waals surface area contributed by atoms with Crippen molar-refractivity contribution in [2.75, 3.05) is 0 Å². The average molecular weight is 1010 g/mol. The van der Waals surface area contributed by atoms with Crippen molar-refractivity contribution < 1.29 is 0 Å². The molecule has 0 radical (unpaired) electrons. The zero-order valence-corrected chi connectivity index (χ0v) is 41.0. The number of aromatic amines is 1. The lowest BCUT2D eigenvalue weighted by atomic mass is 10.1. The quantitative estimate of drug-likeness (QED) is 0.172. The molecule has 14 aromatic rings. The number of hydrogen-bond donors (Lipinski definition) is 1. The topological polar surface area (TPSA) is 82.1 Å². The van der Waals surface area contributed by atoms with E-state index < -0.39 is 0 Å². The van der Waals surface area contributed by atoms with Gasteiger partial charge in [0.05, 0.1) is 11.0 Å². The number of H-pyrrole nitrogens is 1. The summed E-state index contributed by atoms with van der Waals surface area (Å²) in [6, 6.07) is 91.4. The first-order chi connectivity index (χ1) is 36.2. The maximum Gasteiger partial charge on any atom is 0.168 e. The van der Waals surface area contributed by atoms with Crippen LogP contribution in [0.2, 0.25) is 0 Å². The molecular weight excluding hydrogens is 961 g/mol. The van der Waals surface area contributed by atoms with Crippen molar-refractivity contribution in [2.24, 2.45) is 0 Å². The predicted octanol–water partition coefficient (Wildman–Crippen LogP) is 16.4. The average Bonchev–Trinajstić information content (AvgIpc) is 4.28. The first kappa shape index (κ1) is 44.7. The summed E-state index contributed by atoms with van der Waals surface area (Å²) in [6.45, 7) is 0. The van der Waals surface area contributed by atoms with E-state index in [1.807, 2.05) is 97.1 Å². The lowest BCUT2D eigenvalue weighted by molar-refractivity contribution is 1.07. The standard InChI is InChI=1S/C32H22N4.C20H14BrN3.C12H9N/c1-3-11-23(12-4-1)31-33-34-32(36(31)25-13-5-2-6-14-25)24-19-21-26(22-20-24)35-29-17-9-7-15-27(29)28-16-8-10-18-30(28)35;21-17-13-11-16(12-14-17)20-23-22-19(15-7-3-1-4-8-15)24(20)18-9-5-2-6-10-18;1-3-7-11-9(5-1)10-6-2-4-8-12(10)13-11/h1-22H;1-14H;1-8,13H. The number of aromatic nitrogens is 8. The molecule has 14 rings (SSSR count). The van der Waals surface area contributed by atoms with Gasteiger partial charge in [0.25, 0.3) is 0 Å². The number of fused-ring (bicyclic) bond motifs is 6. The summed E-state index contributed by atoms with van der Waals surface area (Å²) in [5, 5.41) is 23.3. The summed E-state index contributed by atoms with van der Waals surface area (Å²) in [4.78, 5) is 3.38. The molecular formula is C64H45BrN8. The Balaban J connectivity index is 0.000000125. The molecule has 4 heterocycles. The van der Waals surface area contributed by atoms with Crippen LogP contribution in [0.4, 0.5) is 0 Å². The molecule has 0 saturated carbocycles. The van der Waals surface area contributed by atoms with E-state index in [0.29, 0.717) is 0 Å². The van der Waals surface area contributed by atoms with E-state index in [0.717, 1.165) is 67.1 Å². The Kier molecular flexibility index (Phi) is 12.3. The van der Waals surface area contributed by atoms with Gasteiger partial charge in [-0.2, -0.15) is 0 Å². The Hall–Kier alpha value is -9.44. The van der Waals surface area contributed by atoms with Crippen LogP contribution >= 0.6 is 15.9 Å². The van der Waals surface area contributed by atoms with Crippen LogP contribution in [-0.2, 0) is 0 Å². The largest absolute Gasteiger partial charge is 0.355 e. The highest BCUT2D eigenvalue weighted by molar-refractivity contribution is 9.10. The van der Waals surface area contributed by atoms with Crippen molar-refractivity contribution in [2.45, 2.75) is 0 Å². The third kappa shape index (κ3) is 8.90. The number of halogens is 1. The van der Waals surface area contributed by atoms with Crippen molar-refractivity contribution in [3.05, 3.63) is 271 Å². The van der Waals surface area contributed by atoms with Gasteiger partial charge in [-0.25, -0.2) is 0 Å². The van der Waals surface area contributed by atoms with Gasteiger partial charge in [-0.1, -0.05) is 198 Å². The number of benzene rings is 10. The van der Waals surface area contributed by atoms with E-state index >= 15 is 0 Å². The molecule has 8 nitrogen and oxygen atoms in total. The first-order valence-corrected chi connectivity index (χ1v) is 24.9. The fourth-order valence-corrected chi connectivity index (χ4v) is 9.76. The molecule has 73 heavy (non-hydrogen) atoms. The van der Waals surface area contributed by atoms with Crippen LogP contribution in [0.3, 0.4) is 0 Å². The van der Waals surface area contributed by atoms with Gasteiger partial charge in [-0.3, -0.25) is 9.13 Å². The third-order valence-electron chi connectivity index (χ3n) is 12.9. The molecule has 348 valence electrons. The van der Waals surface area contributed by atoms with E-state index in [4.69, 9.17) is 0 Å². The molecule has 0 fully saturated rings. The lowest BCUT2D eigenvalue weighted by Crippen LogP contribution is -2.00. The molecule has 0 atom stereocenters. The summed E-state index contributed by atoms with van der Waals surface area (Å²) in [6.07, 6.45) is 0. The highest BCUT2D eigenvalue weighted by atomic mass is 79.9. The monoisotopic (exact) mass is 1000 g/mol. The van der Waals surface area contributed by atoms with E-state index in [1.54, 1.807) is 0 Å². The summed E-state index contributed by atoms with van der Waals surface area (Å²) >= 11 is 3.48. The molecule has 0 bridgehead atoms. The Labute approximate surface area is 430 Å². The maximum absolute atomic E-state index is 4.64. The molecule has 9 heteroatoms. The fourth-order valence-electron chi connectivity index (χ4n) is 9.49. The fraction of sp³-hybridized carbons (Fsp3) is 0. The van der Waals surface area contributed by atoms with Crippen molar-refractivity contribution in [1.82, 2.24) is 39.1 Å². The van der Waals surface area contributed by atoms with E-state index in [1.165, 1.54) is 43.6 Å². The molecule has 0 aliphatic rings. The van der Waals surface area contributed by atoms with Crippen LogP contribution in [0, 0.1) is 0 Å².